The molecule has 2 aromatic carbocycles. The Labute approximate surface area is 148 Å². The third-order valence-electron chi connectivity index (χ3n) is 3.82. The van der Waals surface area contributed by atoms with E-state index in [-0.39, 0.29) is 17.3 Å². The van der Waals surface area contributed by atoms with E-state index in [9.17, 15) is 14.0 Å². The fraction of sp³-hybridized carbons (Fsp3) is 0.167. The predicted molar refractivity (Wildman–Crippen MR) is 95.6 cm³/mol. The van der Waals surface area contributed by atoms with Crippen LogP contribution in [0.15, 0.2) is 53.5 Å². The fourth-order valence-electron chi connectivity index (χ4n) is 2.47. The smallest absolute Gasteiger partial charge is 0.335 e. The van der Waals surface area contributed by atoms with Gasteiger partial charge in [0.15, 0.2) is 5.17 Å². The lowest BCUT2D eigenvalue weighted by molar-refractivity contribution is -0.119. The monoisotopic (exact) mass is 358 g/mol. The van der Waals surface area contributed by atoms with E-state index in [1.54, 1.807) is 31.2 Å². The number of carbonyl (C=O) groups excluding carboxylic acids is 1. The van der Waals surface area contributed by atoms with Crippen molar-refractivity contribution in [3.05, 3.63) is 65.5 Å². The number of carboxylic acids is 1. The van der Waals surface area contributed by atoms with Gasteiger partial charge in [-0.3, -0.25) is 4.79 Å². The summed E-state index contributed by atoms with van der Waals surface area (Å²) in [7, 11) is 0. The van der Waals surface area contributed by atoms with Crippen LogP contribution in [-0.4, -0.2) is 26.9 Å². The van der Waals surface area contributed by atoms with E-state index < -0.39 is 10.7 Å². The number of amides is 1. The van der Waals surface area contributed by atoms with Crippen molar-refractivity contribution in [2.24, 2.45) is 4.99 Å². The van der Waals surface area contributed by atoms with Gasteiger partial charge in [-0.25, -0.2) is 9.18 Å². The van der Waals surface area contributed by atoms with E-state index in [2.05, 4.69) is 10.3 Å². The first-order valence-electron chi connectivity index (χ1n) is 7.53. The van der Waals surface area contributed by atoms with Gasteiger partial charge >= 0.3 is 5.97 Å². The molecular formula is C18H15FN2O3S. The van der Waals surface area contributed by atoms with Crippen LogP contribution in [0.4, 0.5) is 10.1 Å². The summed E-state index contributed by atoms with van der Waals surface area (Å²) in [5.74, 6) is -1.58. The third-order valence-corrected chi connectivity index (χ3v) is 4.97. The van der Waals surface area contributed by atoms with E-state index >= 15 is 0 Å². The summed E-state index contributed by atoms with van der Waals surface area (Å²) in [4.78, 5) is 27.3. The lowest BCUT2D eigenvalue weighted by atomic mass is 9.98. The van der Waals surface area contributed by atoms with E-state index in [1.807, 2.05) is 0 Å². The Kier molecular flexibility index (Phi) is 4.59. The number of carbonyl (C=O) groups is 2. The molecule has 1 unspecified atom stereocenters. The van der Waals surface area contributed by atoms with E-state index in [1.165, 1.54) is 36.0 Å². The molecular weight excluding hydrogens is 343 g/mol. The highest BCUT2D eigenvalue weighted by molar-refractivity contribution is 8.16. The molecule has 1 aliphatic heterocycles. The molecule has 0 bridgehead atoms. The quantitative estimate of drug-likeness (QED) is 0.874. The molecule has 0 spiro atoms. The van der Waals surface area contributed by atoms with Crippen LogP contribution >= 0.6 is 11.8 Å². The lowest BCUT2D eigenvalue weighted by Crippen LogP contribution is -2.30. The van der Waals surface area contributed by atoms with Gasteiger partial charge in [-0.1, -0.05) is 23.9 Å². The lowest BCUT2D eigenvalue weighted by Gasteiger charge is -2.20. The molecule has 0 fully saturated rings. The van der Waals surface area contributed by atoms with Gasteiger partial charge in [-0.05, 0) is 55.3 Å². The molecule has 0 aliphatic carbocycles. The summed E-state index contributed by atoms with van der Waals surface area (Å²) in [6.07, 6.45) is 0.425. The highest BCUT2D eigenvalue weighted by atomic mass is 32.2. The molecule has 0 aromatic heterocycles. The number of benzene rings is 2. The molecule has 2 aromatic rings. The number of halogens is 1. The Balaban J connectivity index is 1.69. The molecule has 1 amide bonds. The first-order chi connectivity index (χ1) is 11.9. The number of anilines is 1. The van der Waals surface area contributed by atoms with Gasteiger partial charge in [0.05, 0.1) is 5.56 Å². The van der Waals surface area contributed by atoms with Crippen LogP contribution in [0, 0.1) is 5.82 Å². The van der Waals surface area contributed by atoms with Gasteiger partial charge in [0.2, 0.25) is 0 Å². The highest BCUT2D eigenvalue weighted by Crippen LogP contribution is 2.37. The van der Waals surface area contributed by atoms with Crippen molar-refractivity contribution in [3.63, 3.8) is 0 Å². The third kappa shape index (κ3) is 3.88. The molecule has 0 saturated heterocycles. The maximum Gasteiger partial charge on any atom is 0.335 e. The highest BCUT2D eigenvalue weighted by Gasteiger charge is 2.41. The largest absolute Gasteiger partial charge is 0.478 e. The second kappa shape index (κ2) is 6.68. The molecule has 5 nitrogen and oxygen atoms in total. The van der Waals surface area contributed by atoms with Crippen molar-refractivity contribution >= 4 is 34.5 Å². The average molecular weight is 358 g/mol. The maximum atomic E-state index is 13.0. The minimum Gasteiger partial charge on any atom is -0.478 e. The van der Waals surface area contributed by atoms with Crippen molar-refractivity contribution in [2.45, 2.75) is 18.1 Å². The molecule has 1 aliphatic rings. The zero-order chi connectivity index (χ0) is 18.0. The minimum absolute atomic E-state index is 0.203. The Morgan fingerprint density at radius 2 is 1.84 bits per heavy atom. The van der Waals surface area contributed by atoms with Crippen molar-refractivity contribution in [2.75, 3.05) is 5.32 Å². The molecule has 25 heavy (non-hydrogen) atoms. The Morgan fingerprint density at radius 1 is 1.20 bits per heavy atom. The van der Waals surface area contributed by atoms with Crippen LogP contribution in [0.1, 0.15) is 22.8 Å². The number of rotatable bonds is 4. The van der Waals surface area contributed by atoms with Crippen molar-refractivity contribution in [3.8, 4) is 0 Å². The van der Waals surface area contributed by atoms with Crippen LogP contribution in [0.2, 0.25) is 0 Å². The van der Waals surface area contributed by atoms with Crippen LogP contribution in [-0.2, 0) is 11.2 Å². The number of aliphatic imine (C=N–C) groups is 1. The predicted octanol–water partition coefficient (Wildman–Crippen LogP) is 3.57. The first-order valence-corrected chi connectivity index (χ1v) is 8.34. The average Bonchev–Trinajstić information content (AvgIpc) is 2.84. The zero-order valence-electron chi connectivity index (χ0n) is 13.3. The van der Waals surface area contributed by atoms with Gasteiger partial charge < -0.3 is 10.4 Å². The Morgan fingerprint density at radius 3 is 2.44 bits per heavy atom. The standard InChI is InChI=1S/C18H15FN2O3S/c1-18(10-11-2-4-12(5-3-11)15(22)23)16(24)21-17(25-18)20-14-8-6-13(19)7-9-14/h2-9H,10H2,1H3,(H,22,23)(H,20,21,24). The van der Waals surface area contributed by atoms with Crippen molar-refractivity contribution in [1.29, 1.82) is 0 Å². The minimum atomic E-state index is -0.988. The van der Waals surface area contributed by atoms with Crippen LogP contribution in [0.3, 0.4) is 0 Å². The summed E-state index contributed by atoms with van der Waals surface area (Å²) in [6.45, 7) is 1.80. The molecule has 128 valence electrons. The van der Waals surface area contributed by atoms with Crippen LogP contribution in [0.5, 0.6) is 0 Å². The number of hydrogen-bond acceptors (Lipinski definition) is 4. The number of carboxylic acid groups (broad SMARTS) is 1. The topological polar surface area (TPSA) is 78.8 Å². The summed E-state index contributed by atoms with van der Waals surface area (Å²) < 4.78 is 12.2. The number of amidine groups is 1. The summed E-state index contributed by atoms with van der Waals surface area (Å²) in [6, 6.07) is 12.2. The SMILES string of the molecule is CC1(Cc2ccc(C(=O)O)cc2)SC(Nc2ccc(F)cc2)=NC1=O. The van der Waals surface area contributed by atoms with Gasteiger partial charge in [-0.15, -0.1) is 0 Å². The number of aromatic carboxylic acids is 1. The normalized spacial score (nSPS) is 19.6. The van der Waals surface area contributed by atoms with Crippen LogP contribution in [0.25, 0.3) is 0 Å². The first kappa shape index (κ1) is 17.2. The van der Waals surface area contributed by atoms with Gasteiger partial charge in [0, 0.05) is 5.69 Å². The summed E-state index contributed by atoms with van der Waals surface area (Å²) in [5.41, 5.74) is 1.70. The van der Waals surface area contributed by atoms with E-state index in [4.69, 9.17) is 5.11 Å². The maximum absolute atomic E-state index is 13.0. The second-order valence-electron chi connectivity index (χ2n) is 5.87. The zero-order valence-corrected chi connectivity index (χ0v) is 14.1. The Bertz CT molecular complexity index is 850. The second-order valence-corrected chi connectivity index (χ2v) is 7.36. The van der Waals surface area contributed by atoms with Gasteiger partial charge in [0.25, 0.3) is 5.91 Å². The number of nitrogens with zero attached hydrogens (tertiary/aromatic N) is 1. The van der Waals surface area contributed by atoms with Crippen molar-refractivity contribution < 1.29 is 19.1 Å². The van der Waals surface area contributed by atoms with E-state index in [0.29, 0.717) is 17.3 Å². The molecule has 2 N–H and O–H groups in total. The molecule has 0 radical (unpaired) electrons. The Hall–Kier alpha value is -2.67. The summed E-state index contributed by atoms with van der Waals surface area (Å²) >= 11 is 1.30. The van der Waals surface area contributed by atoms with Crippen molar-refractivity contribution in [1.82, 2.24) is 0 Å². The molecule has 7 heteroatoms. The summed E-state index contributed by atoms with van der Waals surface area (Å²) in [5, 5.41) is 12.4. The van der Waals surface area contributed by atoms with Gasteiger partial charge in [-0.2, -0.15) is 4.99 Å². The molecule has 0 saturated carbocycles. The fourth-order valence-corrected chi connectivity index (χ4v) is 3.56. The molecule has 1 heterocycles. The number of nitrogens with one attached hydrogen (secondary N) is 1. The van der Waals surface area contributed by atoms with E-state index in [0.717, 1.165) is 5.56 Å². The number of hydrogen-bond donors (Lipinski definition) is 2. The van der Waals surface area contributed by atoms with Crippen LogP contribution < -0.4 is 5.32 Å². The molecule has 3 rings (SSSR count). The van der Waals surface area contributed by atoms with Gasteiger partial charge in [0.1, 0.15) is 10.6 Å². The molecule has 1 atom stereocenters. The number of thioether (sulfide) groups is 1.